The molecule has 2 heterocycles. The van der Waals surface area contributed by atoms with Crippen LogP contribution in [-0.2, 0) is 4.79 Å². The average Bonchev–Trinajstić information content (AvgIpc) is 3.33. The largest absolute Gasteiger partial charge is 0.322 e. The number of benzene rings is 1. The Morgan fingerprint density at radius 1 is 1.17 bits per heavy atom. The topological polar surface area (TPSA) is 90.5 Å². The predicted octanol–water partition coefficient (Wildman–Crippen LogP) is 3.71. The lowest BCUT2D eigenvalue weighted by molar-refractivity contribution is -0.113. The van der Waals surface area contributed by atoms with Crippen molar-refractivity contribution in [1.82, 2.24) is 30.0 Å². The maximum Gasteiger partial charge on any atom is 0.234 e. The zero-order valence-corrected chi connectivity index (χ0v) is 17.5. The van der Waals surface area contributed by atoms with E-state index < -0.39 is 0 Å². The van der Waals surface area contributed by atoms with Crippen LogP contribution in [0.15, 0.2) is 35.5 Å². The Morgan fingerprint density at radius 2 is 1.93 bits per heavy atom. The lowest BCUT2D eigenvalue weighted by atomic mass is 9.96. The molecule has 4 rings (SSSR count). The van der Waals surface area contributed by atoms with Gasteiger partial charge in [-0.25, -0.2) is 9.36 Å². The smallest absolute Gasteiger partial charge is 0.234 e. The van der Waals surface area contributed by atoms with Gasteiger partial charge in [0.1, 0.15) is 0 Å². The van der Waals surface area contributed by atoms with E-state index in [4.69, 9.17) is 0 Å². The molecule has 2 aromatic heterocycles. The molecule has 0 spiro atoms. The van der Waals surface area contributed by atoms with E-state index in [1.165, 1.54) is 31.0 Å². The van der Waals surface area contributed by atoms with E-state index in [1.807, 2.05) is 53.5 Å². The Hall–Kier alpha value is -2.68. The molecule has 1 aliphatic rings. The van der Waals surface area contributed by atoms with Gasteiger partial charge in [-0.3, -0.25) is 4.79 Å². The molecule has 1 N–H and O–H groups in total. The Kier molecular flexibility index (Phi) is 5.94. The number of aryl methyl sites for hydroxylation is 1. The first-order valence-corrected chi connectivity index (χ1v) is 10.9. The third-order valence-corrected chi connectivity index (χ3v) is 6.21. The van der Waals surface area contributed by atoms with E-state index >= 15 is 0 Å². The van der Waals surface area contributed by atoms with Crippen molar-refractivity contribution in [3.63, 3.8) is 0 Å². The number of rotatable bonds is 6. The second kappa shape index (κ2) is 8.77. The van der Waals surface area contributed by atoms with Gasteiger partial charge < -0.3 is 5.32 Å². The monoisotopic (exact) mass is 411 g/mol. The first-order valence-electron chi connectivity index (χ1n) is 9.95. The second-order valence-corrected chi connectivity index (χ2v) is 8.27. The van der Waals surface area contributed by atoms with Crippen LogP contribution in [0.2, 0.25) is 0 Å². The Balaban J connectivity index is 1.41. The minimum atomic E-state index is -0.0907. The van der Waals surface area contributed by atoms with Crippen molar-refractivity contribution in [2.75, 3.05) is 11.1 Å². The number of para-hydroxylation sites is 1. The molecule has 1 aromatic carbocycles. The third kappa shape index (κ3) is 4.34. The minimum absolute atomic E-state index is 0.0907. The van der Waals surface area contributed by atoms with Crippen LogP contribution in [0.3, 0.4) is 0 Å². The maximum absolute atomic E-state index is 12.6. The predicted molar refractivity (Wildman–Crippen MR) is 112 cm³/mol. The van der Waals surface area contributed by atoms with Crippen molar-refractivity contribution in [1.29, 1.82) is 0 Å². The van der Waals surface area contributed by atoms with Crippen molar-refractivity contribution in [2.24, 2.45) is 0 Å². The van der Waals surface area contributed by atoms with Gasteiger partial charge in [0.05, 0.1) is 34.6 Å². The number of carbonyl (C=O) groups excluding carboxylic acids is 1. The summed E-state index contributed by atoms with van der Waals surface area (Å²) in [6, 6.07) is 10.2. The highest BCUT2D eigenvalue weighted by Crippen LogP contribution is 2.30. The summed E-state index contributed by atoms with van der Waals surface area (Å²) < 4.78 is 3.74. The highest BCUT2D eigenvalue weighted by Gasteiger charge is 2.21. The number of hydrogen-bond donors (Lipinski definition) is 1. The van der Waals surface area contributed by atoms with Crippen LogP contribution >= 0.6 is 11.8 Å². The van der Waals surface area contributed by atoms with Crippen LogP contribution in [0.25, 0.3) is 5.69 Å². The van der Waals surface area contributed by atoms with Gasteiger partial charge >= 0.3 is 0 Å². The van der Waals surface area contributed by atoms with Crippen LogP contribution in [0.4, 0.5) is 5.69 Å². The van der Waals surface area contributed by atoms with E-state index in [1.54, 1.807) is 0 Å². The number of amides is 1. The molecule has 0 atom stereocenters. The zero-order chi connectivity index (χ0) is 20.2. The summed E-state index contributed by atoms with van der Waals surface area (Å²) >= 11 is 1.38. The number of carbonyl (C=O) groups is 1. The molecule has 152 valence electrons. The number of nitrogens with zero attached hydrogens (tertiary/aromatic N) is 6. The molecule has 0 bridgehead atoms. The average molecular weight is 412 g/mol. The van der Waals surface area contributed by atoms with Crippen LogP contribution in [0, 0.1) is 13.8 Å². The molecular weight excluding hydrogens is 386 g/mol. The number of anilines is 1. The molecule has 0 aliphatic heterocycles. The van der Waals surface area contributed by atoms with Gasteiger partial charge in [-0.1, -0.05) is 49.2 Å². The summed E-state index contributed by atoms with van der Waals surface area (Å²) in [6.45, 7) is 3.86. The lowest BCUT2D eigenvalue weighted by Crippen LogP contribution is -2.18. The Bertz CT molecular complexity index is 976. The van der Waals surface area contributed by atoms with Gasteiger partial charge in [0, 0.05) is 0 Å². The van der Waals surface area contributed by atoms with Crippen LogP contribution in [-0.4, -0.2) is 41.6 Å². The highest BCUT2D eigenvalue weighted by atomic mass is 32.2. The molecule has 1 aliphatic carbocycles. The minimum Gasteiger partial charge on any atom is -0.322 e. The van der Waals surface area contributed by atoms with Crippen LogP contribution < -0.4 is 5.32 Å². The fourth-order valence-corrected chi connectivity index (χ4v) is 4.53. The molecule has 1 saturated carbocycles. The fourth-order valence-electron chi connectivity index (χ4n) is 3.79. The van der Waals surface area contributed by atoms with Crippen LogP contribution in [0.1, 0.15) is 49.5 Å². The van der Waals surface area contributed by atoms with Gasteiger partial charge in [0.25, 0.3) is 0 Å². The van der Waals surface area contributed by atoms with Gasteiger partial charge in [-0.05, 0) is 49.2 Å². The summed E-state index contributed by atoms with van der Waals surface area (Å²) in [6.07, 6.45) is 5.89. The van der Waals surface area contributed by atoms with Gasteiger partial charge in [-0.15, -0.1) is 5.10 Å². The number of tetrazole rings is 1. The van der Waals surface area contributed by atoms with Gasteiger partial charge in [0.15, 0.2) is 0 Å². The SMILES string of the molecule is Cc1nn(-c2ccccc2)c(C)c1NC(=O)CSc1nnnn1C1CCCCC1. The van der Waals surface area contributed by atoms with Crippen molar-refractivity contribution >= 4 is 23.4 Å². The van der Waals surface area contributed by atoms with Crippen molar-refractivity contribution in [3.05, 3.63) is 41.7 Å². The van der Waals surface area contributed by atoms with Gasteiger partial charge in [0.2, 0.25) is 11.1 Å². The number of hydrogen-bond acceptors (Lipinski definition) is 6. The number of aromatic nitrogens is 6. The van der Waals surface area contributed by atoms with Crippen LogP contribution in [0.5, 0.6) is 0 Å². The fraction of sp³-hybridized carbons (Fsp3) is 0.450. The summed E-state index contributed by atoms with van der Waals surface area (Å²) in [5.41, 5.74) is 3.41. The van der Waals surface area contributed by atoms with E-state index in [-0.39, 0.29) is 11.7 Å². The third-order valence-electron chi connectivity index (χ3n) is 5.27. The van der Waals surface area contributed by atoms with E-state index in [9.17, 15) is 4.79 Å². The normalized spacial score (nSPS) is 14.8. The highest BCUT2D eigenvalue weighted by molar-refractivity contribution is 7.99. The molecule has 9 heteroatoms. The standard InChI is InChI=1S/C20H25N7OS/c1-14-19(15(2)26(23-14)16-9-5-3-6-10-16)21-18(28)13-29-20-22-24-25-27(20)17-11-7-4-8-12-17/h3,5-6,9-10,17H,4,7-8,11-13H2,1-2H3,(H,21,28). The van der Waals surface area contributed by atoms with E-state index in [0.29, 0.717) is 11.2 Å². The molecule has 3 aromatic rings. The number of nitrogens with one attached hydrogen (secondary N) is 1. The molecular formula is C20H25N7OS. The molecule has 8 nitrogen and oxygen atoms in total. The summed E-state index contributed by atoms with van der Waals surface area (Å²) in [7, 11) is 0. The first-order chi connectivity index (χ1) is 14.1. The molecule has 1 fully saturated rings. The van der Waals surface area contributed by atoms with Gasteiger partial charge in [-0.2, -0.15) is 5.10 Å². The summed E-state index contributed by atoms with van der Waals surface area (Å²) in [5.74, 6) is 0.162. The first kappa shape index (κ1) is 19.6. The second-order valence-electron chi connectivity index (χ2n) is 7.33. The molecule has 0 saturated heterocycles. The van der Waals surface area contributed by atoms with Crippen molar-refractivity contribution in [2.45, 2.75) is 57.1 Å². The maximum atomic E-state index is 12.6. The van der Waals surface area contributed by atoms with E-state index in [0.717, 1.165) is 35.6 Å². The summed E-state index contributed by atoms with van der Waals surface area (Å²) in [4.78, 5) is 12.6. The Labute approximate surface area is 174 Å². The lowest BCUT2D eigenvalue weighted by Gasteiger charge is -2.21. The Morgan fingerprint density at radius 3 is 2.69 bits per heavy atom. The summed E-state index contributed by atoms with van der Waals surface area (Å²) in [5, 5.41) is 20.4. The molecule has 1 amide bonds. The molecule has 29 heavy (non-hydrogen) atoms. The van der Waals surface area contributed by atoms with E-state index in [2.05, 4.69) is 25.9 Å². The zero-order valence-electron chi connectivity index (χ0n) is 16.7. The van der Waals surface area contributed by atoms with Crippen molar-refractivity contribution < 1.29 is 4.79 Å². The molecule has 0 radical (unpaired) electrons. The number of thioether (sulfide) groups is 1. The molecule has 0 unspecified atom stereocenters. The van der Waals surface area contributed by atoms with Crippen molar-refractivity contribution in [3.8, 4) is 5.69 Å². The quantitative estimate of drug-likeness (QED) is 0.622.